The summed E-state index contributed by atoms with van der Waals surface area (Å²) in [5, 5.41) is 12.8. The minimum absolute atomic E-state index is 0.272. The molecule has 1 fully saturated rings. The molecule has 2 rings (SSSR count). The van der Waals surface area contributed by atoms with Crippen LogP contribution in [0.4, 0.5) is 5.69 Å². The summed E-state index contributed by atoms with van der Waals surface area (Å²) in [6, 6.07) is 7.00. The molecule has 1 saturated carbocycles. The number of carbonyl (C=O) groups is 1. The van der Waals surface area contributed by atoms with E-state index in [4.69, 9.17) is 23.2 Å². The summed E-state index contributed by atoms with van der Waals surface area (Å²) in [6.45, 7) is 0. The summed E-state index contributed by atoms with van der Waals surface area (Å²) in [6.07, 6.45) is 3.05. The summed E-state index contributed by atoms with van der Waals surface area (Å²) in [7, 11) is 0. The van der Waals surface area contributed by atoms with E-state index in [0.29, 0.717) is 28.6 Å². The molecule has 0 saturated heterocycles. The Morgan fingerprint density at radius 3 is 2.56 bits per heavy atom. The molecule has 18 heavy (non-hydrogen) atoms. The number of rotatable bonds is 2. The Hall–Kier alpha value is -1.24. The summed E-state index contributed by atoms with van der Waals surface area (Å²) in [5.41, 5.74) is -0.407. The highest BCUT2D eigenvalue weighted by Gasteiger charge is 2.41. The lowest BCUT2D eigenvalue weighted by atomic mass is 9.87. The van der Waals surface area contributed by atoms with E-state index in [1.54, 1.807) is 18.2 Å². The van der Waals surface area contributed by atoms with E-state index in [-0.39, 0.29) is 5.91 Å². The van der Waals surface area contributed by atoms with E-state index >= 15 is 0 Å². The maximum atomic E-state index is 12.2. The Balaban J connectivity index is 2.19. The molecular formula is C13H12Cl2N2O. The number of nitriles is 1. The minimum atomic E-state index is -0.900. The van der Waals surface area contributed by atoms with Gasteiger partial charge in [-0.25, -0.2) is 0 Å². The Bertz CT molecular complexity index is 516. The maximum Gasteiger partial charge on any atom is 0.244 e. The van der Waals surface area contributed by atoms with Crippen LogP contribution in [0, 0.1) is 16.7 Å². The van der Waals surface area contributed by atoms with Crippen LogP contribution in [0.25, 0.3) is 0 Å². The number of anilines is 1. The standard InChI is InChI=1S/C13H12Cl2N2O/c14-9-3-4-11(10(15)7-9)17-12(18)13(8-16)5-1-2-6-13/h3-4,7H,1-2,5-6H2,(H,17,18). The van der Waals surface area contributed by atoms with E-state index in [0.717, 1.165) is 12.8 Å². The van der Waals surface area contributed by atoms with Crippen LogP contribution in [0.15, 0.2) is 18.2 Å². The van der Waals surface area contributed by atoms with Crippen LogP contribution in [-0.4, -0.2) is 5.91 Å². The van der Waals surface area contributed by atoms with Crippen LogP contribution in [0.1, 0.15) is 25.7 Å². The van der Waals surface area contributed by atoms with Crippen LogP contribution in [0.3, 0.4) is 0 Å². The van der Waals surface area contributed by atoms with Gasteiger partial charge in [0.15, 0.2) is 0 Å². The molecule has 0 radical (unpaired) electrons. The predicted molar refractivity (Wildman–Crippen MR) is 71.6 cm³/mol. The van der Waals surface area contributed by atoms with Crippen LogP contribution in [-0.2, 0) is 4.79 Å². The van der Waals surface area contributed by atoms with E-state index < -0.39 is 5.41 Å². The molecule has 1 aliphatic carbocycles. The zero-order valence-electron chi connectivity index (χ0n) is 9.67. The number of hydrogen-bond donors (Lipinski definition) is 1. The fourth-order valence-corrected chi connectivity index (χ4v) is 2.66. The van der Waals surface area contributed by atoms with Gasteiger partial charge >= 0.3 is 0 Å². The average molecular weight is 283 g/mol. The first-order valence-corrected chi connectivity index (χ1v) is 6.51. The monoisotopic (exact) mass is 282 g/mol. The molecule has 94 valence electrons. The molecule has 0 bridgehead atoms. The third-order valence-electron chi connectivity index (χ3n) is 3.29. The third-order valence-corrected chi connectivity index (χ3v) is 3.83. The fraction of sp³-hybridized carbons (Fsp3) is 0.385. The summed E-state index contributed by atoms with van der Waals surface area (Å²) < 4.78 is 0. The van der Waals surface area contributed by atoms with Crippen molar-refractivity contribution in [3.8, 4) is 6.07 Å². The number of amides is 1. The molecular weight excluding hydrogens is 271 g/mol. The molecule has 1 aromatic rings. The van der Waals surface area contributed by atoms with Crippen molar-refractivity contribution in [3.63, 3.8) is 0 Å². The smallest absolute Gasteiger partial charge is 0.244 e. The number of benzene rings is 1. The van der Waals surface area contributed by atoms with Crippen molar-refractivity contribution in [2.75, 3.05) is 5.32 Å². The van der Waals surface area contributed by atoms with Gasteiger partial charge in [-0.1, -0.05) is 36.0 Å². The summed E-state index contributed by atoms with van der Waals surface area (Å²) in [5.74, 6) is -0.272. The number of carbonyl (C=O) groups excluding carboxylic acids is 1. The molecule has 0 heterocycles. The zero-order valence-corrected chi connectivity index (χ0v) is 11.2. The first kappa shape index (κ1) is 13.2. The highest BCUT2D eigenvalue weighted by Crippen LogP contribution is 2.39. The number of nitrogens with zero attached hydrogens (tertiary/aromatic N) is 1. The second-order valence-corrected chi connectivity index (χ2v) is 5.32. The SMILES string of the molecule is N#CC1(C(=O)Nc2ccc(Cl)cc2Cl)CCCC1. The van der Waals surface area contributed by atoms with Gasteiger partial charge in [0.1, 0.15) is 5.41 Å². The van der Waals surface area contributed by atoms with Gasteiger partial charge in [-0.2, -0.15) is 5.26 Å². The van der Waals surface area contributed by atoms with Gasteiger partial charge in [0.25, 0.3) is 0 Å². The largest absolute Gasteiger partial charge is 0.323 e. The fourth-order valence-electron chi connectivity index (χ4n) is 2.20. The Morgan fingerprint density at radius 2 is 2.00 bits per heavy atom. The molecule has 5 heteroatoms. The molecule has 0 spiro atoms. The quantitative estimate of drug-likeness (QED) is 0.891. The topological polar surface area (TPSA) is 52.9 Å². The van der Waals surface area contributed by atoms with Crippen molar-refractivity contribution in [1.29, 1.82) is 5.26 Å². The molecule has 0 atom stereocenters. The second-order valence-electron chi connectivity index (χ2n) is 4.48. The number of halogens is 2. The van der Waals surface area contributed by atoms with Gasteiger partial charge in [0, 0.05) is 5.02 Å². The molecule has 0 aliphatic heterocycles. The van der Waals surface area contributed by atoms with Crippen molar-refractivity contribution in [1.82, 2.24) is 0 Å². The molecule has 1 amide bonds. The normalized spacial score (nSPS) is 17.2. The lowest BCUT2D eigenvalue weighted by Crippen LogP contribution is -2.32. The highest BCUT2D eigenvalue weighted by molar-refractivity contribution is 6.36. The van der Waals surface area contributed by atoms with Crippen molar-refractivity contribution >= 4 is 34.8 Å². The summed E-state index contributed by atoms with van der Waals surface area (Å²) in [4.78, 5) is 12.2. The third kappa shape index (κ3) is 2.45. The average Bonchev–Trinajstić information content (AvgIpc) is 2.82. The van der Waals surface area contributed by atoms with Crippen molar-refractivity contribution in [2.45, 2.75) is 25.7 Å². The lowest BCUT2D eigenvalue weighted by Gasteiger charge is -2.19. The first-order chi connectivity index (χ1) is 8.57. The van der Waals surface area contributed by atoms with Gasteiger partial charge in [-0.15, -0.1) is 0 Å². The van der Waals surface area contributed by atoms with Crippen molar-refractivity contribution in [2.24, 2.45) is 5.41 Å². The predicted octanol–water partition coefficient (Wildman–Crippen LogP) is 4.02. The molecule has 3 nitrogen and oxygen atoms in total. The van der Waals surface area contributed by atoms with Gasteiger partial charge in [0.05, 0.1) is 16.8 Å². The van der Waals surface area contributed by atoms with Gasteiger partial charge < -0.3 is 5.32 Å². The molecule has 0 aromatic heterocycles. The molecule has 1 N–H and O–H groups in total. The van der Waals surface area contributed by atoms with E-state index in [9.17, 15) is 10.1 Å². The van der Waals surface area contributed by atoms with Crippen molar-refractivity contribution in [3.05, 3.63) is 28.2 Å². The number of hydrogen-bond acceptors (Lipinski definition) is 2. The van der Waals surface area contributed by atoms with Gasteiger partial charge in [-0.3, -0.25) is 4.79 Å². The Labute approximate surface area is 116 Å². The van der Waals surface area contributed by atoms with Crippen molar-refractivity contribution < 1.29 is 4.79 Å². The van der Waals surface area contributed by atoms with Crippen LogP contribution in [0.2, 0.25) is 10.0 Å². The zero-order chi connectivity index (χ0) is 13.2. The van der Waals surface area contributed by atoms with Gasteiger partial charge in [-0.05, 0) is 31.0 Å². The Kier molecular flexibility index (Phi) is 3.79. The second kappa shape index (κ2) is 5.17. The molecule has 1 aliphatic rings. The van der Waals surface area contributed by atoms with E-state index in [1.807, 2.05) is 0 Å². The van der Waals surface area contributed by atoms with E-state index in [1.165, 1.54) is 0 Å². The van der Waals surface area contributed by atoms with Crippen LogP contribution in [0.5, 0.6) is 0 Å². The van der Waals surface area contributed by atoms with Gasteiger partial charge in [0.2, 0.25) is 5.91 Å². The Morgan fingerprint density at radius 1 is 1.33 bits per heavy atom. The first-order valence-electron chi connectivity index (χ1n) is 5.75. The van der Waals surface area contributed by atoms with E-state index in [2.05, 4.69) is 11.4 Å². The highest BCUT2D eigenvalue weighted by atomic mass is 35.5. The van der Waals surface area contributed by atoms with Crippen LogP contribution < -0.4 is 5.32 Å². The molecule has 0 unspecified atom stereocenters. The molecule has 1 aromatic carbocycles. The lowest BCUT2D eigenvalue weighted by molar-refractivity contribution is -0.122. The van der Waals surface area contributed by atoms with Crippen LogP contribution >= 0.6 is 23.2 Å². The summed E-state index contributed by atoms with van der Waals surface area (Å²) >= 11 is 11.8. The maximum absolute atomic E-state index is 12.2. The minimum Gasteiger partial charge on any atom is -0.323 e. The number of nitrogens with one attached hydrogen (secondary N) is 1.